The molecule has 2 heterocycles. The van der Waals surface area contributed by atoms with Crippen molar-refractivity contribution in [3.8, 4) is 0 Å². The lowest BCUT2D eigenvalue weighted by molar-refractivity contribution is -0.136. The number of carbonyl (C=O) groups excluding carboxylic acids is 2. The van der Waals surface area contributed by atoms with Crippen LogP contribution in [0.1, 0.15) is 50.5 Å². The fraction of sp³-hybridized carbons (Fsp3) is 0.583. The van der Waals surface area contributed by atoms with E-state index in [1.165, 1.54) is 18.4 Å². The minimum atomic E-state index is -3.60. The van der Waals surface area contributed by atoms with Gasteiger partial charge in [-0.3, -0.25) is 9.59 Å². The van der Waals surface area contributed by atoms with Gasteiger partial charge in [0.05, 0.1) is 18.1 Å². The first-order valence-corrected chi connectivity index (χ1v) is 13.4. The van der Waals surface area contributed by atoms with Gasteiger partial charge in [0.2, 0.25) is 21.8 Å². The van der Waals surface area contributed by atoms with Crippen molar-refractivity contribution in [3.05, 3.63) is 35.4 Å². The Morgan fingerprint density at radius 2 is 1.79 bits per heavy atom. The summed E-state index contributed by atoms with van der Waals surface area (Å²) in [5.74, 6) is -0.132. The van der Waals surface area contributed by atoms with Gasteiger partial charge in [-0.2, -0.15) is 0 Å². The molecule has 33 heavy (non-hydrogen) atoms. The van der Waals surface area contributed by atoms with Gasteiger partial charge in [-0.1, -0.05) is 11.6 Å². The van der Waals surface area contributed by atoms with Crippen molar-refractivity contribution in [1.29, 1.82) is 0 Å². The van der Waals surface area contributed by atoms with Gasteiger partial charge in [-0.25, -0.2) is 13.1 Å². The number of sulfonamides is 1. The summed E-state index contributed by atoms with van der Waals surface area (Å²) in [6.45, 7) is 3.12. The highest BCUT2D eigenvalue weighted by molar-refractivity contribution is 7.89. The van der Waals surface area contributed by atoms with Crippen molar-refractivity contribution in [2.75, 3.05) is 44.3 Å². The molecule has 0 radical (unpaired) electrons. The van der Waals surface area contributed by atoms with Gasteiger partial charge in [0.1, 0.15) is 0 Å². The Labute approximate surface area is 196 Å². The Morgan fingerprint density at radius 1 is 1.00 bits per heavy atom. The quantitative estimate of drug-likeness (QED) is 0.583. The standard InChI is InChI=1S/C24H33N3O5S/c28-23(26-14-16-32-17-15-26)8-9-24(29)27-13-11-20-18-21(6-7-22(20)27)33(30,31)25-12-10-19-4-2-1-3-5-19/h4,6-7,18,25H,1-3,5,8-17H2. The third kappa shape index (κ3) is 6.02. The summed E-state index contributed by atoms with van der Waals surface area (Å²) >= 11 is 0. The summed E-state index contributed by atoms with van der Waals surface area (Å²) in [6, 6.07) is 4.94. The Kier molecular flexibility index (Phi) is 7.82. The molecule has 180 valence electrons. The Morgan fingerprint density at radius 3 is 2.55 bits per heavy atom. The SMILES string of the molecule is O=C(CCC(=O)N1CCc2cc(S(=O)(=O)NCCC3=CCCCC3)ccc21)N1CCOCC1. The summed E-state index contributed by atoms with van der Waals surface area (Å²) in [5.41, 5.74) is 2.92. The van der Waals surface area contributed by atoms with Gasteiger partial charge in [-0.05, 0) is 62.3 Å². The predicted molar refractivity (Wildman–Crippen MR) is 125 cm³/mol. The van der Waals surface area contributed by atoms with Crippen molar-refractivity contribution in [2.45, 2.75) is 56.3 Å². The monoisotopic (exact) mass is 475 g/mol. The molecule has 2 aliphatic heterocycles. The average molecular weight is 476 g/mol. The number of amides is 2. The molecule has 2 amide bonds. The molecule has 1 fully saturated rings. The van der Waals surface area contributed by atoms with Crippen LogP contribution in [-0.4, -0.2) is 64.5 Å². The molecule has 8 nitrogen and oxygen atoms in total. The number of rotatable bonds is 8. The molecule has 0 spiro atoms. The van der Waals surface area contributed by atoms with E-state index in [0.29, 0.717) is 45.8 Å². The number of carbonyl (C=O) groups is 2. The van der Waals surface area contributed by atoms with Gasteiger partial charge in [0.25, 0.3) is 0 Å². The number of ether oxygens (including phenoxy) is 1. The van der Waals surface area contributed by atoms with E-state index < -0.39 is 10.0 Å². The molecule has 0 saturated carbocycles. The largest absolute Gasteiger partial charge is 0.378 e. The van der Waals surface area contributed by atoms with Crippen LogP contribution >= 0.6 is 0 Å². The number of allylic oxidation sites excluding steroid dienone is 1. The van der Waals surface area contributed by atoms with Gasteiger partial charge < -0.3 is 14.5 Å². The maximum atomic E-state index is 12.8. The molecule has 1 aromatic rings. The second-order valence-corrected chi connectivity index (χ2v) is 10.6. The molecule has 0 aromatic heterocycles. The summed E-state index contributed by atoms with van der Waals surface area (Å²) < 4.78 is 33.5. The van der Waals surface area contributed by atoms with Crippen LogP contribution in [0.4, 0.5) is 5.69 Å². The Hall–Kier alpha value is -2.23. The highest BCUT2D eigenvalue weighted by atomic mass is 32.2. The molecule has 0 bridgehead atoms. The maximum Gasteiger partial charge on any atom is 0.240 e. The number of nitrogens with one attached hydrogen (secondary N) is 1. The molecular weight excluding hydrogens is 442 g/mol. The third-order valence-corrected chi connectivity index (χ3v) is 8.06. The van der Waals surface area contributed by atoms with Crippen molar-refractivity contribution >= 4 is 27.5 Å². The van der Waals surface area contributed by atoms with Crippen molar-refractivity contribution in [2.24, 2.45) is 0 Å². The lowest BCUT2D eigenvalue weighted by Crippen LogP contribution is -2.41. The molecule has 3 aliphatic rings. The fourth-order valence-electron chi connectivity index (χ4n) is 4.69. The van der Waals surface area contributed by atoms with Gasteiger partial charge in [0, 0.05) is 44.7 Å². The van der Waals surface area contributed by atoms with E-state index in [2.05, 4.69) is 10.8 Å². The summed E-state index contributed by atoms with van der Waals surface area (Å²) in [6.07, 6.45) is 8.45. The Balaban J connectivity index is 1.32. The van der Waals surface area contributed by atoms with Gasteiger partial charge >= 0.3 is 0 Å². The number of morpholine rings is 1. The van der Waals surface area contributed by atoms with Crippen LogP contribution in [0.25, 0.3) is 0 Å². The van der Waals surface area contributed by atoms with Crippen LogP contribution in [0.15, 0.2) is 34.7 Å². The zero-order valence-electron chi connectivity index (χ0n) is 19.1. The van der Waals surface area contributed by atoms with Crippen LogP contribution in [-0.2, 0) is 30.8 Å². The first-order valence-electron chi connectivity index (χ1n) is 11.9. The van der Waals surface area contributed by atoms with Crippen LogP contribution in [0.3, 0.4) is 0 Å². The van der Waals surface area contributed by atoms with E-state index in [4.69, 9.17) is 4.74 Å². The molecular formula is C24H33N3O5S. The first kappa shape index (κ1) is 23.9. The number of anilines is 1. The summed E-state index contributed by atoms with van der Waals surface area (Å²) in [5, 5.41) is 0. The van der Waals surface area contributed by atoms with Crippen LogP contribution in [0, 0.1) is 0 Å². The van der Waals surface area contributed by atoms with Crippen LogP contribution in [0.2, 0.25) is 0 Å². The van der Waals surface area contributed by atoms with Crippen molar-refractivity contribution in [3.63, 3.8) is 0 Å². The van der Waals surface area contributed by atoms with Gasteiger partial charge in [-0.15, -0.1) is 0 Å². The van der Waals surface area contributed by atoms with Crippen molar-refractivity contribution in [1.82, 2.24) is 9.62 Å². The van der Waals surface area contributed by atoms with Crippen LogP contribution in [0.5, 0.6) is 0 Å². The highest BCUT2D eigenvalue weighted by Crippen LogP contribution is 2.31. The Bertz CT molecular complexity index is 1010. The highest BCUT2D eigenvalue weighted by Gasteiger charge is 2.27. The van der Waals surface area contributed by atoms with E-state index >= 15 is 0 Å². The third-order valence-electron chi connectivity index (χ3n) is 6.60. The normalized spacial score (nSPS) is 18.7. The molecule has 1 aliphatic carbocycles. The van der Waals surface area contributed by atoms with E-state index in [9.17, 15) is 18.0 Å². The molecule has 4 rings (SSSR count). The predicted octanol–water partition coefficient (Wildman–Crippen LogP) is 2.38. The molecule has 1 saturated heterocycles. The van der Waals surface area contributed by atoms with E-state index in [1.54, 1.807) is 28.0 Å². The molecule has 1 aromatic carbocycles. The van der Waals surface area contributed by atoms with E-state index in [0.717, 1.165) is 30.5 Å². The zero-order valence-corrected chi connectivity index (χ0v) is 19.9. The van der Waals surface area contributed by atoms with E-state index in [-0.39, 0.29) is 29.6 Å². The van der Waals surface area contributed by atoms with Gasteiger partial charge in [0.15, 0.2) is 0 Å². The second kappa shape index (κ2) is 10.8. The first-order chi connectivity index (χ1) is 15.9. The number of benzene rings is 1. The fourth-order valence-corrected chi connectivity index (χ4v) is 5.77. The number of hydrogen-bond acceptors (Lipinski definition) is 5. The topological polar surface area (TPSA) is 96.0 Å². The molecule has 0 unspecified atom stereocenters. The summed E-state index contributed by atoms with van der Waals surface area (Å²) in [4.78, 5) is 28.7. The van der Waals surface area contributed by atoms with Crippen molar-refractivity contribution < 1.29 is 22.7 Å². The second-order valence-electron chi connectivity index (χ2n) is 8.83. The molecule has 1 N–H and O–H groups in total. The number of fused-ring (bicyclic) bond motifs is 1. The minimum absolute atomic E-state index is 0.0254. The number of nitrogens with zero attached hydrogens (tertiary/aromatic N) is 2. The number of hydrogen-bond donors (Lipinski definition) is 1. The molecule has 0 atom stereocenters. The maximum absolute atomic E-state index is 12.8. The molecule has 9 heteroatoms. The lowest BCUT2D eigenvalue weighted by atomic mass is 9.97. The van der Waals surface area contributed by atoms with Crippen LogP contribution < -0.4 is 9.62 Å². The lowest BCUT2D eigenvalue weighted by Gasteiger charge is -2.27. The summed E-state index contributed by atoms with van der Waals surface area (Å²) in [7, 11) is -3.60. The minimum Gasteiger partial charge on any atom is -0.378 e. The van der Waals surface area contributed by atoms with E-state index in [1.807, 2.05) is 0 Å². The average Bonchev–Trinajstić information content (AvgIpc) is 3.27. The zero-order chi connectivity index (χ0) is 23.3. The smallest absolute Gasteiger partial charge is 0.240 e.